The molecule has 2 aromatic heterocycles. The number of carbonyl (C=O) groups excluding carboxylic acids is 1. The SMILES string of the molecule is Cc1cc(Nc2ccc(C(=O)NCc3ccccc3F)nc2)no1. The topological polar surface area (TPSA) is 80.0 Å². The Hall–Kier alpha value is -3.22. The van der Waals surface area contributed by atoms with Crippen LogP contribution in [0.2, 0.25) is 0 Å². The van der Waals surface area contributed by atoms with E-state index in [4.69, 9.17) is 4.52 Å². The number of benzene rings is 1. The molecule has 0 spiro atoms. The fourth-order valence-electron chi connectivity index (χ4n) is 2.08. The van der Waals surface area contributed by atoms with E-state index in [1.54, 1.807) is 43.3 Å². The van der Waals surface area contributed by atoms with Crippen LogP contribution >= 0.6 is 0 Å². The van der Waals surface area contributed by atoms with E-state index in [1.165, 1.54) is 12.3 Å². The van der Waals surface area contributed by atoms with Gasteiger partial charge in [0.25, 0.3) is 5.91 Å². The van der Waals surface area contributed by atoms with E-state index < -0.39 is 0 Å². The van der Waals surface area contributed by atoms with Crippen LogP contribution in [0.4, 0.5) is 15.9 Å². The van der Waals surface area contributed by atoms with E-state index in [0.29, 0.717) is 22.8 Å². The van der Waals surface area contributed by atoms with Gasteiger partial charge >= 0.3 is 0 Å². The second-order valence-electron chi connectivity index (χ2n) is 5.15. The molecular formula is C17H15FN4O2. The van der Waals surface area contributed by atoms with Gasteiger partial charge in [0, 0.05) is 18.2 Å². The number of amides is 1. The standard InChI is InChI=1S/C17H15FN4O2/c1-11-8-16(22-24-11)21-13-6-7-15(19-10-13)17(23)20-9-12-4-2-3-5-14(12)18/h2-8,10H,9H2,1H3,(H,20,23)(H,21,22). The van der Waals surface area contributed by atoms with Crippen LogP contribution in [0, 0.1) is 12.7 Å². The van der Waals surface area contributed by atoms with E-state index >= 15 is 0 Å². The minimum absolute atomic E-state index is 0.103. The summed E-state index contributed by atoms with van der Waals surface area (Å²) in [6, 6.07) is 11.3. The van der Waals surface area contributed by atoms with Gasteiger partial charge in [0.2, 0.25) is 0 Å². The summed E-state index contributed by atoms with van der Waals surface area (Å²) in [7, 11) is 0. The molecule has 0 radical (unpaired) electrons. The average molecular weight is 326 g/mol. The van der Waals surface area contributed by atoms with Crippen molar-refractivity contribution < 1.29 is 13.7 Å². The third-order valence-electron chi connectivity index (χ3n) is 3.29. The Kier molecular flexibility index (Phi) is 4.51. The summed E-state index contributed by atoms with van der Waals surface area (Å²) in [6.45, 7) is 1.89. The average Bonchev–Trinajstić information content (AvgIpc) is 2.99. The third-order valence-corrected chi connectivity index (χ3v) is 3.29. The molecule has 0 atom stereocenters. The highest BCUT2D eigenvalue weighted by atomic mass is 19.1. The summed E-state index contributed by atoms with van der Waals surface area (Å²) in [6.07, 6.45) is 1.52. The van der Waals surface area contributed by atoms with E-state index in [1.807, 2.05) is 0 Å². The largest absolute Gasteiger partial charge is 0.360 e. The highest BCUT2D eigenvalue weighted by Gasteiger charge is 2.09. The van der Waals surface area contributed by atoms with Gasteiger partial charge in [0.15, 0.2) is 5.82 Å². The molecule has 2 N–H and O–H groups in total. The maximum absolute atomic E-state index is 13.5. The maximum Gasteiger partial charge on any atom is 0.270 e. The number of halogens is 1. The Morgan fingerprint density at radius 3 is 2.75 bits per heavy atom. The summed E-state index contributed by atoms with van der Waals surface area (Å²) in [5, 5.41) is 9.46. The predicted octanol–water partition coefficient (Wildman–Crippen LogP) is 3.19. The first-order valence-electron chi connectivity index (χ1n) is 7.30. The molecule has 1 aromatic carbocycles. The van der Waals surface area contributed by atoms with E-state index in [2.05, 4.69) is 20.8 Å². The molecule has 0 bridgehead atoms. The van der Waals surface area contributed by atoms with Crippen molar-refractivity contribution in [1.29, 1.82) is 0 Å². The Morgan fingerprint density at radius 2 is 2.08 bits per heavy atom. The molecule has 0 unspecified atom stereocenters. The first-order valence-corrected chi connectivity index (χ1v) is 7.30. The second kappa shape index (κ2) is 6.91. The van der Waals surface area contributed by atoms with Gasteiger partial charge in [-0.15, -0.1) is 0 Å². The molecule has 0 saturated heterocycles. The van der Waals surface area contributed by atoms with Crippen molar-refractivity contribution in [2.75, 3.05) is 5.32 Å². The Balaban J connectivity index is 1.60. The minimum Gasteiger partial charge on any atom is -0.360 e. The fraction of sp³-hybridized carbons (Fsp3) is 0.118. The van der Waals surface area contributed by atoms with Crippen LogP contribution in [-0.2, 0) is 6.54 Å². The summed E-state index contributed by atoms with van der Waals surface area (Å²) in [5.41, 5.74) is 1.34. The number of pyridine rings is 1. The number of hydrogen-bond donors (Lipinski definition) is 2. The van der Waals surface area contributed by atoms with Crippen LogP contribution in [0.1, 0.15) is 21.8 Å². The van der Waals surface area contributed by atoms with Crippen LogP contribution in [0.5, 0.6) is 0 Å². The van der Waals surface area contributed by atoms with Gasteiger partial charge < -0.3 is 15.2 Å². The summed E-state index contributed by atoms with van der Waals surface area (Å²) in [5.74, 6) is 0.524. The molecule has 2 heterocycles. The molecule has 24 heavy (non-hydrogen) atoms. The number of anilines is 2. The van der Waals surface area contributed by atoms with E-state index in [-0.39, 0.29) is 24.0 Å². The minimum atomic E-state index is -0.373. The van der Waals surface area contributed by atoms with E-state index in [0.717, 1.165) is 0 Å². The highest BCUT2D eigenvalue weighted by Crippen LogP contribution is 2.15. The van der Waals surface area contributed by atoms with Crippen LogP contribution in [0.3, 0.4) is 0 Å². The van der Waals surface area contributed by atoms with Gasteiger partial charge in [-0.1, -0.05) is 23.4 Å². The monoisotopic (exact) mass is 326 g/mol. The van der Waals surface area contributed by atoms with Crippen molar-refractivity contribution in [3.05, 3.63) is 71.5 Å². The van der Waals surface area contributed by atoms with Gasteiger partial charge in [-0.3, -0.25) is 4.79 Å². The number of aromatic nitrogens is 2. The molecule has 0 aliphatic heterocycles. The van der Waals surface area contributed by atoms with Crippen LogP contribution in [0.15, 0.2) is 53.2 Å². The number of rotatable bonds is 5. The Morgan fingerprint density at radius 1 is 1.25 bits per heavy atom. The van der Waals surface area contributed by atoms with Crippen LogP contribution in [-0.4, -0.2) is 16.0 Å². The molecule has 122 valence electrons. The molecule has 0 saturated carbocycles. The molecule has 3 aromatic rings. The molecule has 3 rings (SSSR count). The summed E-state index contributed by atoms with van der Waals surface area (Å²) in [4.78, 5) is 16.1. The number of aryl methyl sites for hydroxylation is 1. The first kappa shape index (κ1) is 15.7. The summed E-state index contributed by atoms with van der Waals surface area (Å²) < 4.78 is 18.5. The molecule has 1 amide bonds. The van der Waals surface area contributed by atoms with Crippen molar-refractivity contribution in [2.45, 2.75) is 13.5 Å². The third kappa shape index (κ3) is 3.75. The van der Waals surface area contributed by atoms with Gasteiger partial charge in [-0.05, 0) is 25.1 Å². The zero-order valence-corrected chi connectivity index (χ0v) is 12.9. The fourth-order valence-corrected chi connectivity index (χ4v) is 2.08. The lowest BCUT2D eigenvalue weighted by Crippen LogP contribution is -2.24. The number of hydrogen-bond acceptors (Lipinski definition) is 5. The van der Waals surface area contributed by atoms with Crippen molar-refractivity contribution in [2.24, 2.45) is 0 Å². The van der Waals surface area contributed by atoms with Crippen molar-refractivity contribution in [3.63, 3.8) is 0 Å². The number of carbonyl (C=O) groups is 1. The lowest BCUT2D eigenvalue weighted by atomic mass is 10.2. The van der Waals surface area contributed by atoms with Crippen molar-refractivity contribution in [1.82, 2.24) is 15.5 Å². The first-order chi connectivity index (χ1) is 11.6. The zero-order chi connectivity index (χ0) is 16.9. The molecule has 0 aliphatic rings. The van der Waals surface area contributed by atoms with Crippen LogP contribution < -0.4 is 10.6 Å². The van der Waals surface area contributed by atoms with E-state index in [9.17, 15) is 9.18 Å². The molecule has 0 aliphatic carbocycles. The predicted molar refractivity (Wildman–Crippen MR) is 86.3 cm³/mol. The zero-order valence-electron chi connectivity index (χ0n) is 12.9. The van der Waals surface area contributed by atoms with Gasteiger partial charge in [-0.2, -0.15) is 0 Å². The lowest BCUT2D eigenvalue weighted by molar-refractivity contribution is 0.0945. The quantitative estimate of drug-likeness (QED) is 0.752. The van der Waals surface area contributed by atoms with Crippen LogP contribution in [0.25, 0.3) is 0 Å². The molecular weight excluding hydrogens is 311 g/mol. The molecule has 0 fully saturated rings. The second-order valence-corrected chi connectivity index (χ2v) is 5.15. The molecule has 6 nitrogen and oxygen atoms in total. The maximum atomic E-state index is 13.5. The van der Waals surface area contributed by atoms with Gasteiger partial charge in [0.1, 0.15) is 17.3 Å². The lowest BCUT2D eigenvalue weighted by Gasteiger charge is -2.07. The smallest absolute Gasteiger partial charge is 0.270 e. The number of nitrogens with one attached hydrogen (secondary N) is 2. The van der Waals surface area contributed by atoms with Crippen molar-refractivity contribution in [3.8, 4) is 0 Å². The van der Waals surface area contributed by atoms with Crippen molar-refractivity contribution >= 4 is 17.4 Å². The summed E-state index contributed by atoms with van der Waals surface area (Å²) >= 11 is 0. The Labute approximate surface area is 137 Å². The Bertz CT molecular complexity index is 846. The molecule has 7 heteroatoms. The highest BCUT2D eigenvalue weighted by molar-refractivity contribution is 5.92. The van der Waals surface area contributed by atoms with Gasteiger partial charge in [-0.25, -0.2) is 9.37 Å². The normalized spacial score (nSPS) is 10.4. The van der Waals surface area contributed by atoms with Gasteiger partial charge in [0.05, 0.1) is 11.9 Å². The number of nitrogens with zero attached hydrogens (tertiary/aromatic N) is 2.